The summed E-state index contributed by atoms with van der Waals surface area (Å²) in [4.78, 5) is 0. The summed E-state index contributed by atoms with van der Waals surface area (Å²) in [5, 5.41) is 0. The Labute approximate surface area is 79.5 Å². The molecule has 1 saturated heterocycles. The van der Waals surface area contributed by atoms with E-state index in [1.54, 1.807) is 0 Å². The van der Waals surface area contributed by atoms with Gasteiger partial charge in [-0.2, -0.15) is 0 Å². The van der Waals surface area contributed by atoms with E-state index >= 15 is 0 Å². The Kier molecular flexibility index (Phi) is 4.75. The maximum atomic E-state index is 5.36. The fourth-order valence-electron chi connectivity index (χ4n) is 1.23. The standard InChI is InChI=1S/C8H17BrOTe/c1-2-3-6-11(9)7-4-10-5-8-11/h2-8H2,1H3. The van der Waals surface area contributed by atoms with E-state index in [-0.39, 0.29) is 0 Å². The molecule has 0 spiro atoms. The summed E-state index contributed by atoms with van der Waals surface area (Å²) in [7, 11) is 0. The minimum absolute atomic E-state index is 1.02. The molecule has 1 heterocycles. The molecule has 11 heavy (non-hydrogen) atoms. The SMILES string of the molecule is CCCC[Te]1(Br)CCOCC1. The van der Waals surface area contributed by atoms with Gasteiger partial charge < -0.3 is 0 Å². The van der Waals surface area contributed by atoms with Gasteiger partial charge in [0.05, 0.1) is 0 Å². The van der Waals surface area contributed by atoms with Crippen LogP contribution in [-0.4, -0.2) is 29.2 Å². The van der Waals surface area contributed by atoms with Gasteiger partial charge in [-0.15, -0.1) is 0 Å². The molecule has 1 nitrogen and oxygen atoms in total. The first-order valence-electron chi connectivity index (χ1n) is 4.30. The number of hydrogen-bond donors (Lipinski definition) is 0. The van der Waals surface area contributed by atoms with Gasteiger partial charge in [-0.3, -0.25) is 0 Å². The molecule has 0 bridgehead atoms. The zero-order chi connectivity index (χ0) is 8.16. The summed E-state index contributed by atoms with van der Waals surface area (Å²) in [6.07, 6.45) is 2.77. The normalized spacial score (nSPS) is 26.4. The minimum atomic E-state index is -1.48. The molecule has 0 saturated carbocycles. The molecule has 0 aromatic carbocycles. The van der Waals surface area contributed by atoms with Gasteiger partial charge in [0, 0.05) is 0 Å². The fraction of sp³-hybridized carbons (Fsp3) is 1.00. The topological polar surface area (TPSA) is 9.23 Å². The van der Waals surface area contributed by atoms with Crippen LogP contribution in [0.5, 0.6) is 0 Å². The summed E-state index contributed by atoms with van der Waals surface area (Å²) in [5.74, 6) is 0. The monoisotopic (exact) mass is 338 g/mol. The van der Waals surface area contributed by atoms with Crippen molar-refractivity contribution in [3.8, 4) is 0 Å². The van der Waals surface area contributed by atoms with Gasteiger partial charge in [0.15, 0.2) is 0 Å². The number of halogens is 1. The van der Waals surface area contributed by atoms with E-state index in [2.05, 4.69) is 19.7 Å². The van der Waals surface area contributed by atoms with Crippen LogP contribution in [0.1, 0.15) is 19.8 Å². The molecule has 68 valence electrons. The molecule has 0 aliphatic carbocycles. The van der Waals surface area contributed by atoms with Crippen LogP contribution in [0.4, 0.5) is 0 Å². The summed E-state index contributed by atoms with van der Waals surface area (Å²) in [6, 6.07) is 0. The molecule has 0 unspecified atom stereocenters. The van der Waals surface area contributed by atoms with Gasteiger partial charge in [-0.25, -0.2) is 0 Å². The third-order valence-electron chi connectivity index (χ3n) is 2.05. The number of unbranched alkanes of at least 4 members (excludes halogenated alkanes) is 1. The van der Waals surface area contributed by atoms with Crippen LogP contribution in [0, 0.1) is 0 Å². The molecule has 0 aromatic rings. The zero-order valence-electron chi connectivity index (χ0n) is 7.14. The predicted octanol–water partition coefficient (Wildman–Crippen LogP) is 3.16. The quantitative estimate of drug-likeness (QED) is 0.719. The Bertz CT molecular complexity index is 113. The fourth-order valence-corrected chi connectivity index (χ4v) is 11.0. The van der Waals surface area contributed by atoms with Crippen molar-refractivity contribution in [3.05, 3.63) is 0 Å². The molecule has 0 N–H and O–H groups in total. The van der Waals surface area contributed by atoms with E-state index in [9.17, 15) is 0 Å². The Hall–Kier alpha value is 1.23. The van der Waals surface area contributed by atoms with Crippen molar-refractivity contribution in [2.75, 3.05) is 13.2 Å². The maximum absolute atomic E-state index is 5.36. The van der Waals surface area contributed by atoms with Crippen molar-refractivity contribution in [3.63, 3.8) is 0 Å². The van der Waals surface area contributed by atoms with Crippen LogP contribution < -0.4 is 0 Å². The van der Waals surface area contributed by atoms with Crippen LogP contribution in [0.3, 0.4) is 0 Å². The van der Waals surface area contributed by atoms with E-state index in [0.29, 0.717) is 0 Å². The number of hydrogen-bond acceptors (Lipinski definition) is 1. The molecule has 1 rings (SSSR count). The van der Waals surface area contributed by atoms with Crippen molar-refractivity contribution in [1.29, 1.82) is 0 Å². The van der Waals surface area contributed by atoms with Gasteiger partial charge in [-0.1, -0.05) is 0 Å². The molecule has 0 aromatic heterocycles. The summed E-state index contributed by atoms with van der Waals surface area (Å²) in [6.45, 7) is 4.32. The van der Waals surface area contributed by atoms with Crippen LogP contribution >= 0.6 is 12.8 Å². The van der Waals surface area contributed by atoms with Gasteiger partial charge in [0.2, 0.25) is 0 Å². The summed E-state index contributed by atoms with van der Waals surface area (Å²) in [5.41, 5.74) is 0. The average Bonchev–Trinajstić information content (AvgIpc) is 2.03. The van der Waals surface area contributed by atoms with E-state index < -0.39 is 16.0 Å². The molecule has 0 radical (unpaired) electrons. The first-order valence-corrected chi connectivity index (χ1v) is 14.5. The number of rotatable bonds is 3. The molecule has 1 aliphatic rings. The van der Waals surface area contributed by atoms with Crippen molar-refractivity contribution in [2.24, 2.45) is 0 Å². The predicted molar refractivity (Wildman–Crippen MR) is 54.8 cm³/mol. The zero-order valence-corrected chi connectivity index (χ0v) is 11.1. The van der Waals surface area contributed by atoms with Crippen molar-refractivity contribution in [2.45, 2.75) is 33.2 Å². The van der Waals surface area contributed by atoms with Gasteiger partial charge >= 0.3 is 79.8 Å². The molecular formula is C8H17BrOTe. The molecule has 0 amide bonds. The average molecular weight is 337 g/mol. The third-order valence-corrected chi connectivity index (χ3v) is 16.6. The second kappa shape index (κ2) is 5.07. The molecular weight excluding hydrogens is 320 g/mol. The van der Waals surface area contributed by atoms with Crippen molar-refractivity contribution in [1.82, 2.24) is 0 Å². The van der Waals surface area contributed by atoms with Crippen LogP contribution in [0.25, 0.3) is 0 Å². The molecule has 0 atom stereocenters. The van der Waals surface area contributed by atoms with E-state index in [1.165, 1.54) is 26.2 Å². The van der Waals surface area contributed by atoms with Gasteiger partial charge in [0.25, 0.3) is 0 Å². The first-order chi connectivity index (χ1) is 5.27. The van der Waals surface area contributed by atoms with E-state index in [0.717, 1.165) is 13.2 Å². The Morgan fingerprint density at radius 2 is 2.00 bits per heavy atom. The summed E-state index contributed by atoms with van der Waals surface area (Å²) < 4.78 is 9.62. The molecule has 1 fully saturated rings. The second-order valence-electron chi connectivity index (χ2n) is 3.02. The molecule has 1 aliphatic heterocycles. The van der Waals surface area contributed by atoms with E-state index in [4.69, 9.17) is 4.74 Å². The van der Waals surface area contributed by atoms with Crippen LogP contribution in [0.15, 0.2) is 0 Å². The van der Waals surface area contributed by atoms with Gasteiger partial charge in [0.1, 0.15) is 0 Å². The second-order valence-corrected chi connectivity index (χ2v) is 21.1. The first kappa shape index (κ1) is 10.3. The van der Waals surface area contributed by atoms with Crippen LogP contribution in [0.2, 0.25) is 13.4 Å². The van der Waals surface area contributed by atoms with Crippen LogP contribution in [-0.2, 0) is 4.74 Å². The van der Waals surface area contributed by atoms with Gasteiger partial charge in [-0.05, 0) is 0 Å². The number of ether oxygens (including phenoxy) is 1. The van der Waals surface area contributed by atoms with Crippen molar-refractivity contribution >= 4 is 28.7 Å². The Morgan fingerprint density at radius 3 is 2.55 bits per heavy atom. The third kappa shape index (κ3) is 3.63. The molecule has 3 heteroatoms. The summed E-state index contributed by atoms with van der Waals surface area (Å²) >= 11 is 2.53. The Morgan fingerprint density at radius 1 is 1.36 bits per heavy atom. The van der Waals surface area contributed by atoms with Crippen molar-refractivity contribution < 1.29 is 4.74 Å². The Balaban J connectivity index is 2.25. The van der Waals surface area contributed by atoms with E-state index in [1.807, 2.05) is 0 Å².